The number of halogens is 2. The van der Waals surface area contributed by atoms with Gasteiger partial charge in [0.2, 0.25) is 10.0 Å². The summed E-state index contributed by atoms with van der Waals surface area (Å²) >= 11 is 3.10. The van der Waals surface area contributed by atoms with Crippen molar-refractivity contribution in [1.29, 1.82) is 0 Å². The molecule has 1 N–H and O–H groups in total. The van der Waals surface area contributed by atoms with Gasteiger partial charge < -0.3 is 0 Å². The summed E-state index contributed by atoms with van der Waals surface area (Å²) in [5.74, 6) is -0.758. The van der Waals surface area contributed by atoms with Crippen molar-refractivity contribution in [3.8, 4) is 0 Å². The van der Waals surface area contributed by atoms with Gasteiger partial charge in [0.25, 0.3) is 0 Å². The monoisotopic (exact) mass is 295 g/mol. The molecule has 15 heavy (non-hydrogen) atoms. The van der Waals surface area contributed by atoms with Crippen LogP contribution < -0.4 is 4.72 Å². The summed E-state index contributed by atoms with van der Waals surface area (Å²) in [6.45, 7) is 3.35. The Balaban J connectivity index is 3.21. The Morgan fingerprint density at radius 3 is 2.53 bits per heavy atom. The van der Waals surface area contributed by atoms with Crippen LogP contribution in [-0.4, -0.2) is 14.5 Å². The van der Waals surface area contributed by atoms with Gasteiger partial charge >= 0.3 is 0 Å². The highest BCUT2D eigenvalue weighted by Crippen LogP contribution is 2.19. The van der Waals surface area contributed by atoms with Gasteiger partial charge in [0.15, 0.2) is 0 Å². The van der Waals surface area contributed by atoms with E-state index in [1.54, 1.807) is 13.8 Å². The van der Waals surface area contributed by atoms with Crippen LogP contribution in [-0.2, 0) is 10.0 Å². The van der Waals surface area contributed by atoms with Crippen LogP contribution >= 0.6 is 15.9 Å². The van der Waals surface area contributed by atoms with Crippen LogP contribution in [0.1, 0.15) is 13.8 Å². The van der Waals surface area contributed by atoms with Crippen LogP contribution in [0.15, 0.2) is 27.6 Å². The molecule has 1 aromatic carbocycles. The molecule has 0 saturated carbocycles. The molecule has 0 heterocycles. The second-order valence-corrected chi connectivity index (χ2v) is 5.95. The van der Waals surface area contributed by atoms with Crippen molar-refractivity contribution in [3.63, 3.8) is 0 Å². The van der Waals surface area contributed by atoms with E-state index in [1.807, 2.05) is 0 Å². The minimum Gasteiger partial charge on any atom is -0.209 e. The second kappa shape index (κ2) is 4.59. The summed E-state index contributed by atoms with van der Waals surface area (Å²) in [4.78, 5) is -0.342. The van der Waals surface area contributed by atoms with Gasteiger partial charge in [0, 0.05) is 10.5 Å². The molecule has 3 nitrogen and oxygen atoms in total. The van der Waals surface area contributed by atoms with Crippen LogP contribution in [0.25, 0.3) is 0 Å². The molecule has 0 spiro atoms. The smallest absolute Gasteiger partial charge is 0.209 e. The Morgan fingerprint density at radius 1 is 1.40 bits per heavy atom. The number of benzene rings is 1. The lowest BCUT2D eigenvalue weighted by atomic mass is 10.3. The van der Waals surface area contributed by atoms with Crippen molar-refractivity contribution in [3.05, 3.63) is 28.5 Å². The van der Waals surface area contributed by atoms with Crippen molar-refractivity contribution in [2.45, 2.75) is 24.8 Å². The zero-order chi connectivity index (χ0) is 11.6. The number of sulfonamides is 1. The molecular formula is C9H11BrFNO2S. The van der Waals surface area contributed by atoms with Gasteiger partial charge in [-0.3, -0.25) is 0 Å². The topological polar surface area (TPSA) is 46.2 Å². The summed E-state index contributed by atoms with van der Waals surface area (Å²) in [6.07, 6.45) is 0. The van der Waals surface area contributed by atoms with Gasteiger partial charge in [-0.2, -0.15) is 0 Å². The molecule has 0 atom stereocenters. The lowest BCUT2D eigenvalue weighted by Crippen LogP contribution is -2.30. The van der Waals surface area contributed by atoms with Crippen LogP contribution in [0.4, 0.5) is 4.39 Å². The van der Waals surface area contributed by atoms with Gasteiger partial charge in [0.1, 0.15) is 10.7 Å². The quantitative estimate of drug-likeness (QED) is 0.930. The molecule has 0 aliphatic heterocycles. The first-order valence-electron chi connectivity index (χ1n) is 4.30. The van der Waals surface area contributed by atoms with Crippen LogP contribution in [0.2, 0.25) is 0 Å². The Bertz CT molecular complexity index is 459. The Kier molecular flexibility index (Phi) is 3.86. The number of nitrogens with one attached hydrogen (secondary N) is 1. The van der Waals surface area contributed by atoms with E-state index in [9.17, 15) is 12.8 Å². The maximum atomic E-state index is 13.3. The second-order valence-electron chi connectivity index (χ2n) is 3.35. The summed E-state index contributed by atoms with van der Waals surface area (Å²) in [7, 11) is -3.77. The molecule has 0 bridgehead atoms. The van der Waals surface area contributed by atoms with Gasteiger partial charge in [-0.1, -0.05) is 15.9 Å². The predicted octanol–water partition coefficient (Wildman–Crippen LogP) is 2.27. The van der Waals surface area contributed by atoms with E-state index in [2.05, 4.69) is 20.7 Å². The SMILES string of the molecule is CC(C)NS(=O)(=O)c1cc(Br)ccc1F. The molecule has 1 rings (SSSR count). The molecular weight excluding hydrogens is 285 g/mol. The Hall–Kier alpha value is -0.460. The summed E-state index contributed by atoms with van der Waals surface area (Å²) < 4.78 is 39.4. The average molecular weight is 296 g/mol. The molecule has 0 fully saturated rings. The lowest BCUT2D eigenvalue weighted by molar-refractivity contribution is 0.549. The van der Waals surface area contributed by atoms with Gasteiger partial charge in [-0.05, 0) is 32.0 Å². The van der Waals surface area contributed by atoms with Gasteiger partial charge in [-0.25, -0.2) is 17.5 Å². The van der Waals surface area contributed by atoms with E-state index in [1.165, 1.54) is 12.1 Å². The average Bonchev–Trinajstić information content (AvgIpc) is 2.06. The van der Waals surface area contributed by atoms with Crippen LogP contribution in [0.5, 0.6) is 0 Å². The minimum atomic E-state index is -3.77. The predicted molar refractivity (Wildman–Crippen MR) is 59.6 cm³/mol. The van der Waals surface area contributed by atoms with Crippen molar-refractivity contribution < 1.29 is 12.8 Å². The number of hydrogen-bond donors (Lipinski definition) is 1. The van der Waals surface area contributed by atoms with E-state index in [0.29, 0.717) is 4.47 Å². The zero-order valence-electron chi connectivity index (χ0n) is 8.29. The normalized spacial score (nSPS) is 12.1. The van der Waals surface area contributed by atoms with E-state index in [0.717, 1.165) is 6.07 Å². The van der Waals surface area contributed by atoms with Crippen molar-refractivity contribution >= 4 is 26.0 Å². The van der Waals surface area contributed by atoms with Crippen molar-refractivity contribution in [1.82, 2.24) is 4.72 Å². The molecule has 0 radical (unpaired) electrons. The summed E-state index contributed by atoms with van der Waals surface area (Å²) in [6, 6.07) is 3.52. The first-order chi connectivity index (χ1) is 6.83. The van der Waals surface area contributed by atoms with Crippen molar-refractivity contribution in [2.24, 2.45) is 0 Å². The minimum absolute atomic E-state index is 0.270. The highest BCUT2D eigenvalue weighted by atomic mass is 79.9. The summed E-state index contributed by atoms with van der Waals surface area (Å²) in [5.41, 5.74) is 0. The van der Waals surface area contributed by atoms with E-state index < -0.39 is 15.8 Å². The third kappa shape index (κ3) is 3.25. The highest BCUT2D eigenvalue weighted by molar-refractivity contribution is 9.10. The van der Waals surface area contributed by atoms with E-state index >= 15 is 0 Å². The fraction of sp³-hybridized carbons (Fsp3) is 0.333. The number of hydrogen-bond acceptors (Lipinski definition) is 2. The molecule has 1 aromatic rings. The molecule has 6 heteroatoms. The fourth-order valence-electron chi connectivity index (χ4n) is 1.06. The first kappa shape index (κ1) is 12.6. The molecule has 0 aromatic heterocycles. The fourth-order valence-corrected chi connectivity index (χ4v) is 2.92. The highest BCUT2D eigenvalue weighted by Gasteiger charge is 2.19. The van der Waals surface area contributed by atoms with E-state index in [-0.39, 0.29) is 10.9 Å². The third-order valence-electron chi connectivity index (χ3n) is 1.57. The van der Waals surface area contributed by atoms with Crippen LogP contribution in [0.3, 0.4) is 0 Å². The Morgan fingerprint density at radius 2 is 2.00 bits per heavy atom. The maximum absolute atomic E-state index is 13.3. The van der Waals surface area contributed by atoms with Crippen molar-refractivity contribution in [2.75, 3.05) is 0 Å². The van der Waals surface area contributed by atoms with Gasteiger partial charge in [0.05, 0.1) is 0 Å². The molecule has 0 amide bonds. The number of rotatable bonds is 3. The Labute approximate surface area is 96.9 Å². The third-order valence-corrected chi connectivity index (χ3v) is 3.74. The molecule has 84 valence electrons. The maximum Gasteiger partial charge on any atom is 0.243 e. The summed E-state index contributed by atoms with van der Waals surface area (Å²) in [5, 5.41) is 0. The largest absolute Gasteiger partial charge is 0.243 e. The van der Waals surface area contributed by atoms with E-state index in [4.69, 9.17) is 0 Å². The zero-order valence-corrected chi connectivity index (χ0v) is 10.7. The molecule has 0 aliphatic carbocycles. The molecule has 0 unspecified atom stereocenters. The molecule has 0 aliphatic rings. The van der Waals surface area contributed by atoms with Gasteiger partial charge in [-0.15, -0.1) is 0 Å². The lowest BCUT2D eigenvalue weighted by Gasteiger charge is -2.10. The molecule has 0 saturated heterocycles. The standard InChI is InChI=1S/C9H11BrFNO2S/c1-6(2)12-15(13,14)9-5-7(10)3-4-8(9)11/h3-6,12H,1-2H3. The van der Waals surface area contributed by atoms with Crippen LogP contribution in [0, 0.1) is 5.82 Å². The first-order valence-corrected chi connectivity index (χ1v) is 6.58.